The van der Waals surface area contributed by atoms with Crippen LogP contribution in [0.4, 0.5) is 11.4 Å². The molecular formula is C21H22N4O3S. The van der Waals surface area contributed by atoms with Crippen molar-refractivity contribution < 1.29 is 13.9 Å². The first-order chi connectivity index (χ1) is 14.2. The first kappa shape index (κ1) is 19.3. The van der Waals surface area contributed by atoms with Crippen LogP contribution in [0.2, 0.25) is 0 Å². The molecule has 1 aliphatic rings. The molecule has 4 rings (SSSR count). The molecule has 3 aromatic rings. The Balaban J connectivity index is 1.34. The van der Waals surface area contributed by atoms with Gasteiger partial charge in [0.1, 0.15) is 5.75 Å². The van der Waals surface area contributed by atoms with Crippen LogP contribution in [0.1, 0.15) is 12.5 Å². The van der Waals surface area contributed by atoms with Crippen molar-refractivity contribution in [3.05, 3.63) is 48.0 Å². The molecule has 150 valence electrons. The van der Waals surface area contributed by atoms with Crippen molar-refractivity contribution in [2.24, 2.45) is 0 Å². The Hall–Kier alpha value is -3.00. The van der Waals surface area contributed by atoms with Crippen LogP contribution in [-0.4, -0.2) is 42.1 Å². The number of rotatable bonds is 7. The molecule has 0 spiro atoms. The Morgan fingerprint density at radius 2 is 2.07 bits per heavy atom. The number of hydrogen-bond donors (Lipinski definition) is 1. The molecule has 0 fully saturated rings. The molecule has 7 nitrogen and oxygen atoms in total. The maximum atomic E-state index is 12.3. The number of anilines is 2. The largest absolute Gasteiger partial charge is 0.497 e. The van der Waals surface area contributed by atoms with Crippen molar-refractivity contribution >= 4 is 29.0 Å². The van der Waals surface area contributed by atoms with Gasteiger partial charge >= 0.3 is 0 Å². The second-order valence-corrected chi connectivity index (χ2v) is 7.54. The van der Waals surface area contributed by atoms with Crippen molar-refractivity contribution in [2.75, 3.05) is 36.2 Å². The fourth-order valence-electron chi connectivity index (χ4n) is 3.29. The fraction of sp³-hybridized carbons (Fsp3) is 0.286. The molecule has 0 aliphatic carbocycles. The van der Waals surface area contributed by atoms with Gasteiger partial charge in [-0.1, -0.05) is 17.8 Å². The minimum atomic E-state index is -0.111. The van der Waals surface area contributed by atoms with E-state index in [9.17, 15) is 4.79 Å². The topological polar surface area (TPSA) is 80.5 Å². The highest BCUT2D eigenvalue weighted by molar-refractivity contribution is 7.99. The van der Waals surface area contributed by atoms with Crippen LogP contribution in [0.25, 0.3) is 11.5 Å². The molecule has 0 bridgehead atoms. The summed E-state index contributed by atoms with van der Waals surface area (Å²) in [5, 5.41) is 11.4. The maximum absolute atomic E-state index is 12.3. The zero-order valence-corrected chi connectivity index (χ0v) is 17.2. The predicted octanol–water partition coefficient (Wildman–Crippen LogP) is 3.86. The average Bonchev–Trinajstić information content (AvgIpc) is 3.39. The molecule has 0 atom stereocenters. The number of amides is 1. The van der Waals surface area contributed by atoms with E-state index in [0.717, 1.165) is 36.5 Å². The number of carbonyl (C=O) groups excluding carboxylic acids is 1. The van der Waals surface area contributed by atoms with Gasteiger partial charge in [-0.25, -0.2) is 0 Å². The molecular weight excluding hydrogens is 388 g/mol. The lowest BCUT2D eigenvalue weighted by molar-refractivity contribution is -0.113. The Morgan fingerprint density at radius 3 is 2.83 bits per heavy atom. The van der Waals surface area contributed by atoms with Gasteiger partial charge in [-0.15, -0.1) is 10.2 Å². The summed E-state index contributed by atoms with van der Waals surface area (Å²) in [5.41, 5.74) is 4.14. The summed E-state index contributed by atoms with van der Waals surface area (Å²) in [6.45, 7) is 4.14. The standard InChI is InChI=1S/C21H22N4O3S/c1-3-25-11-10-14-4-7-16(12-18(14)25)22-19(26)13-29-21-24-23-20(28-21)15-5-8-17(27-2)9-6-15/h4-9,12H,3,10-11,13H2,1-2H3,(H,22,26). The van der Waals surface area contributed by atoms with E-state index in [0.29, 0.717) is 11.1 Å². The lowest BCUT2D eigenvalue weighted by atomic mass is 10.1. The lowest BCUT2D eigenvalue weighted by Gasteiger charge is -2.17. The van der Waals surface area contributed by atoms with Crippen LogP contribution in [0.5, 0.6) is 5.75 Å². The summed E-state index contributed by atoms with van der Waals surface area (Å²) in [7, 11) is 1.62. The smallest absolute Gasteiger partial charge is 0.277 e. The molecule has 1 aliphatic heterocycles. The van der Waals surface area contributed by atoms with Gasteiger partial charge in [-0.2, -0.15) is 0 Å². The Kier molecular flexibility index (Phi) is 5.71. The molecule has 0 saturated carbocycles. The molecule has 1 N–H and O–H groups in total. The van der Waals surface area contributed by atoms with E-state index in [1.165, 1.54) is 23.0 Å². The highest BCUT2D eigenvalue weighted by Gasteiger charge is 2.18. The number of carbonyl (C=O) groups is 1. The monoisotopic (exact) mass is 410 g/mol. The quantitative estimate of drug-likeness (QED) is 0.593. The second kappa shape index (κ2) is 8.57. The predicted molar refractivity (Wildman–Crippen MR) is 114 cm³/mol. The first-order valence-electron chi connectivity index (χ1n) is 9.44. The van der Waals surface area contributed by atoms with Crippen molar-refractivity contribution in [1.82, 2.24) is 10.2 Å². The number of nitrogens with one attached hydrogen (secondary N) is 1. The van der Waals surface area contributed by atoms with E-state index in [4.69, 9.17) is 9.15 Å². The van der Waals surface area contributed by atoms with Gasteiger partial charge in [-0.3, -0.25) is 4.79 Å². The van der Waals surface area contributed by atoms with E-state index >= 15 is 0 Å². The summed E-state index contributed by atoms with van der Waals surface area (Å²) >= 11 is 1.21. The number of likely N-dealkylation sites (N-methyl/N-ethyl adjacent to an activating group) is 1. The third kappa shape index (κ3) is 4.37. The third-order valence-electron chi connectivity index (χ3n) is 4.81. The van der Waals surface area contributed by atoms with Crippen molar-refractivity contribution in [3.8, 4) is 17.2 Å². The zero-order valence-electron chi connectivity index (χ0n) is 16.3. The number of nitrogens with zero attached hydrogens (tertiary/aromatic N) is 3. The third-order valence-corrected chi connectivity index (χ3v) is 5.63. The number of fused-ring (bicyclic) bond motifs is 1. The maximum Gasteiger partial charge on any atom is 0.277 e. The zero-order chi connectivity index (χ0) is 20.2. The molecule has 2 heterocycles. The van der Waals surface area contributed by atoms with E-state index in [1.54, 1.807) is 7.11 Å². The van der Waals surface area contributed by atoms with Crippen LogP contribution >= 0.6 is 11.8 Å². The summed E-state index contributed by atoms with van der Waals surface area (Å²) in [5.74, 6) is 1.25. The van der Waals surface area contributed by atoms with Gasteiger partial charge in [0.15, 0.2) is 0 Å². The molecule has 2 aromatic carbocycles. The minimum Gasteiger partial charge on any atom is -0.497 e. The number of thioether (sulfide) groups is 1. The summed E-state index contributed by atoms with van der Waals surface area (Å²) in [6, 6.07) is 13.4. The van der Waals surface area contributed by atoms with E-state index in [1.807, 2.05) is 36.4 Å². The fourth-order valence-corrected chi connectivity index (χ4v) is 3.86. The Morgan fingerprint density at radius 1 is 1.24 bits per heavy atom. The number of hydrogen-bond acceptors (Lipinski definition) is 7. The lowest BCUT2D eigenvalue weighted by Crippen LogP contribution is -2.19. The summed E-state index contributed by atoms with van der Waals surface area (Å²) in [6.07, 6.45) is 1.06. The van der Waals surface area contributed by atoms with Crippen LogP contribution in [0.3, 0.4) is 0 Å². The van der Waals surface area contributed by atoms with Crippen molar-refractivity contribution in [2.45, 2.75) is 18.6 Å². The van der Waals surface area contributed by atoms with Gasteiger partial charge in [-0.05, 0) is 55.3 Å². The molecule has 1 amide bonds. The summed E-state index contributed by atoms with van der Waals surface area (Å²) < 4.78 is 10.8. The van der Waals surface area contributed by atoms with Gasteiger partial charge in [0.25, 0.3) is 5.22 Å². The van der Waals surface area contributed by atoms with Crippen LogP contribution in [-0.2, 0) is 11.2 Å². The Labute approximate surface area is 173 Å². The molecule has 0 radical (unpaired) electrons. The molecule has 1 aromatic heterocycles. The van der Waals surface area contributed by atoms with E-state index in [-0.39, 0.29) is 11.7 Å². The first-order valence-corrected chi connectivity index (χ1v) is 10.4. The van der Waals surface area contributed by atoms with Gasteiger partial charge in [0.05, 0.1) is 12.9 Å². The van der Waals surface area contributed by atoms with Gasteiger partial charge < -0.3 is 19.4 Å². The van der Waals surface area contributed by atoms with Crippen LogP contribution in [0.15, 0.2) is 52.1 Å². The number of aromatic nitrogens is 2. The van der Waals surface area contributed by atoms with Crippen LogP contribution < -0.4 is 15.0 Å². The van der Waals surface area contributed by atoms with Gasteiger partial charge in [0, 0.05) is 30.0 Å². The molecule has 29 heavy (non-hydrogen) atoms. The SMILES string of the molecule is CCN1CCc2ccc(NC(=O)CSc3nnc(-c4ccc(OC)cc4)o3)cc21. The molecule has 0 saturated heterocycles. The van der Waals surface area contributed by atoms with E-state index in [2.05, 4.69) is 33.4 Å². The number of benzene rings is 2. The van der Waals surface area contributed by atoms with Crippen molar-refractivity contribution in [1.29, 1.82) is 0 Å². The van der Waals surface area contributed by atoms with E-state index < -0.39 is 0 Å². The highest BCUT2D eigenvalue weighted by atomic mass is 32.2. The Bertz CT molecular complexity index is 1000. The van der Waals surface area contributed by atoms with Gasteiger partial charge in [0.2, 0.25) is 11.8 Å². The highest BCUT2D eigenvalue weighted by Crippen LogP contribution is 2.31. The normalized spacial score (nSPS) is 12.7. The summed E-state index contributed by atoms with van der Waals surface area (Å²) in [4.78, 5) is 14.7. The van der Waals surface area contributed by atoms with Crippen LogP contribution in [0, 0.1) is 0 Å². The molecule has 8 heteroatoms. The second-order valence-electron chi connectivity index (χ2n) is 6.61. The number of ether oxygens (including phenoxy) is 1. The average molecular weight is 410 g/mol. The molecule has 0 unspecified atom stereocenters. The minimum absolute atomic E-state index is 0.111. The van der Waals surface area contributed by atoms with Crippen molar-refractivity contribution in [3.63, 3.8) is 0 Å². The number of methoxy groups -OCH3 is 1.